The van der Waals surface area contributed by atoms with Crippen LogP contribution in [0.2, 0.25) is 0 Å². The predicted molar refractivity (Wildman–Crippen MR) is 331 cm³/mol. The molecule has 7 rings (SSSR count). The van der Waals surface area contributed by atoms with Crippen molar-refractivity contribution in [2.24, 2.45) is 11.7 Å². The van der Waals surface area contributed by atoms with Crippen molar-refractivity contribution in [1.82, 2.24) is 46.1 Å². The first-order valence-electron chi connectivity index (χ1n) is 29.2. The van der Waals surface area contributed by atoms with Gasteiger partial charge in [-0.2, -0.15) is 0 Å². The Balaban J connectivity index is 0.814. The maximum absolute atomic E-state index is 14.2. The molecule has 10 N–H and O–H groups in total. The molecule has 0 saturated carbocycles. The number of nitrogens with zero attached hydrogens (tertiary/aromatic N) is 4. The molecule has 1 unspecified atom stereocenters. The zero-order valence-corrected chi connectivity index (χ0v) is 50.3. The van der Waals surface area contributed by atoms with Crippen molar-refractivity contribution >= 4 is 69.7 Å². The number of H-pyrrole nitrogens is 1. The average Bonchev–Trinajstić information content (AvgIpc) is 2.31. The smallest absolute Gasteiger partial charge is 0.407 e. The number of fused-ring (bicyclic) bond motifs is 1. The van der Waals surface area contributed by atoms with Gasteiger partial charge in [0.2, 0.25) is 17.7 Å². The number of aliphatic hydroxyl groups is 1. The number of benzene rings is 3. The third-order valence-electron chi connectivity index (χ3n) is 13.6. The minimum atomic E-state index is -1.08. The third-order valence-corrected chi connectivity index (χ3v) is 13.6. The lowest BCUT2D eigenvalue weighted by molar-refractivity contribution is -0.137. The van der Waals surface area contributed by atoms with Crippen LogP contribution in [0.15, 0.2) is 110 Å². The van der Waals surface area contributed by atoms with Crippen LogP contribution in [0.3, 0.4) is 0 Å². The molecule has 8 amide bonds. The summed E-state index contributed by atoms with van der Waals surface area (Å²) in [5, 5.41) is 27.2. The molecule has 27 heteroatoms. The highest BCUT2D eigenvalue weighted by molar-refractivity contribution is 6.12. The summed E-state index contributed by atoms with van der Waals surface area (Å²) in [5.74, 6) is -2.61. The molecule has 2 atom stereocenters. The molecule has 90 heavy (non-hydrogen) atoms. The summed E-state index contributed by atoms with van der Waals surface area (Å²) in [4.78, 5) is 106. The van der Waals surface area contributed by atoms with Gasteiger partial charge in [0, 0.05) is 53.1 Å². The van der Waals surface area contributed by atoms with E-state index in [-0.39, 0.29) is 121 Å². The number of imidazole rings is 1. The molecule has 1 aliphatic heterocycles. The van der Waals surface area contributed by atoms with Gasteiger partial charge in [-0.15, -0.1) is 0 Å². The Labute approximate surface area is 518 Å². The molecular formula is C63H75FN12O14. The Morgan fingerprint density at radius 2 is 1.48 bits per heavy atom. The number of carbonyl (C=O) groups is 7. The zero-order chi connectivity index (χ0) is 64.4. The summed E-state index contributed by atoms with van der Waals surface area (Å²) in [6.07, 6.45) is 3.68. The molecule has 26 nitrogen and oxygen atoms in total. The van der Waals surface area contributed by atoms with Crippen LogP contribution in [0.4, 0.5) is 25.4 Å². The maximum atomic E-state index is 14.2. The number of amides is 8. The Morgan fingerprint density at radius 3 is 2.17 bits per heavy atom. The molecule has 0 aliphatic carbocycles. The van der Waals surface area contributed by atoms with Crippen LogP contribution in [0.1, 0.15) is 55.8 Å². The van der Waals surface area contributed by atoms with Gasteiger partial charge in [0.15, 0.2) is 0 Å². The van der Waals surface area contributed by atoms with Crippen molar-refractivity contribution in [1.29, 1.82) is 0 Å². The number of aromatic amines is 1. The second kappa shape index (κ2) is 34.6. The number of halogens is 1. The largest absolute Gasteiger partial charge is 0.508 e. The van der Waals surface area contributed by atoms with Gasteiger partial charge in [0.25, 0.3) is 11.8 Å². The standard InChI is InChI=1S/C63H75FN12O14/c1-39(2)57(75-54(78)20-24-85-27-29-87-31-32-88-30-28-86-26-23-76-55(79)18-19-56(76)80)61(82)72-52(9-6-21-66-62(65)83)60(81)71-45-13-10-42(11-14-45)38-90-63(84)67-22-25-89-47-34-44-33-43(12-17-50(44)69-36-47)58-59(51-8-5-7-40(3)70-51)74-53(73-58)37-68-46-15-16-49(64)48(35-46)41(4)77/h5,7-8,10-19,33-36,39,52,57,68,77H,4,6,9,20-32,37-38H2,1-3H3,(H,67,84)(H,71,81)(H,72,82)(H,73,74)(H,75,78)(H3,65,66,83)/t52-,57?/m0/s1. The summed E-state index contributed by atoms with van der Waals surface area (Å²) in [6, 6.07) is 21.2. The number of nitrogens with two attached hydrogens (primary N) is 1. The van der Waals surface area contributed by atoms with Crippen LogP contribution >= 0.6 is 0 Å². The van der Waals surface area contributed by atoms with E-state index in [9.17, 15) is 43.1 Å². The van der Waals surface area contributed by atoms with Crippen LogP contribution in [0.25, 0.3) is 39.3 Å². The Morgan fingerprint density at radius 1 is 0.778 bits per heavy atom. The molecule has 0 saturated heterocycles. The number of urea groups is 1. The van der Waals surface area contributed by atoms with E-state index < -0.39 is 47.7 Å². The number of anilines is 2. The van der Waals surface area contributed by atoms with Crippen LogP contribution in [-0.4, -0.2) is 163 Å². The van der Waals surface area contributed by atoms with Gasteiger partial charge < -0.3 is 76.1 Å². The van der Waals surface area contributed by atoms with Crippen molar-refractivity contribution in [2.75, 3.05) is 89.7 Å². The van der Waals surface area contributed by atoms with Crippen molar-refractivity contribution in [3.05, 3.63) is 138 Å². The highest BCUT2D eigenvalue weighted by Crippen LogP contribution is 2.32. The third kappa shape index (κ3) is 21.5. The van der Waals surface area contributed by atoms with Crippen molar-refractivity contribution in [3.63, 3.8) is 0 Å². The number of ether oxygens (including phenoxy) is 6. The van der Waals surface area contributed by atoms with Crippen molar-refractivity contribution in [3.8, 4) is 28.4 Å². The number of hydrogen-bond donors (Lipinski definition) is 9. The van der Waals surface area contributed by atoms with Gasteiger partial charge in [-0.1, -0.05) is 44.7 Å². The fourth-order valence-electron chi connectivity index (χ4n) is 8.96. The van der Waals surface area contributed by atoms with E-state index in [2.05, 4.69) is 48.4 Å². The Bertz CT molecular complexity index is 3470. The van der Waals surface area contributed by atoms with Gasteiger partial charge in [-0.3, -0.25) is 38.8 Å². The van der Waals surface area contributed by atoms with E-state index in [1.54, 1.807) is 50.4 Å². The van der Waals surface area contributed by atoms with E-state index in [0.29, 0.717) is 70.9 Å². The molecule has 1 aliphatic rings. The lowest BCUT2D eigenvalue weighted by Crippen LogP contribution is -2.54. The highest BCUT2D eigenvalue weighted by atomic mass is 19.1. The average molecular weight is 1240 g/mol. The highest BCUT2D eigenvalue weighted by Gasteiger charge is 2.29. The topological polar surface area (TPSA) is 351 Å². The summed E-state index contributed by atoms with van der Waals surface area (Å²) < 4.78 is 47.5. The van der Waals surface area contributed by atoms with Crippen LogP contribution < -0.4 is 42.4 Å². The maximum Gasteiger partial charge on any atom is 0.407 e. The summed E-state index contributed by atoms with van der Waals surface area (Å²) >= 11 is 0. The van der Waals surface area contributed by atoms with Crippen molar-refractivity contribution < 1.29 is 71.5 Å². The Hall–Kier alpha value is -9.83. The number of carbonyl (C=O) groups excluding carboxylic acids is 7. The summed E-state index contributed by atoms with van der Waals surface area (Å²) in [6.45, 7) is 11.4. The predicted octanol–water partition coefficient (Wildman–Crippen LogP) is 5.97. The molecule has 478 valence electrons. The number of aromatic nitrogens is 4. The SMILES string of the molecule is C=C(O)c1cc(NCc2nc(-c3ccc4ncc(OCCNC(=O)OCc5ccc(NC(=O)[C@H](CCCNC(N)=O)NC(=O)C(NC(=O)CCOCCOCCOCCOCCN6C(=O)C=CC6=O)C(C)C)cc5)cc4c3)c(-c3cccc(C)n3)[nH]2)ccc1F. The minimum absolute atomic E-state index is 0.0126. The van der Waals surface area contributed by atoms with Crippen LogP contribution in [0, 0.1) is 18.7 Å². The summed E-state index contributed by atoms with van der Waals surface area (Å²) in [5.41, 5.74) is 11.1. The fourth-order valence-corrected chi connectivity index (χ4v) is 8.96. The number of imide groups is 1. The fraction of sp³-hybridized carbons (Fsp3) is 0.365. The number of primary amides is 1. The molecule has 3 aromatic heterocycles. The first kappa shape index (κ1) is 67.7. The second-order valence-corrected chi connectivity index (χ2v) is 20.8. The first-order valence-corrected chi connectivity index (χ1v) is 29.2. The first-order chi connectivity index (χ1) is 43.4. The second-order valence-electron chi connectivity index (χ2n) is 20.8. The molecule has 4 heterocycles. The normalized spacial score (nSPS) is 12.6. The van der Waals surface area contributed by atoms with E-state index in [1.165, 1.54) is 24.3 Å². The van der Waals surface area contributed by atoms with Crippen LogP contribution in [-0.2, 0) is 60.8 Å². The quantitative estimate of drug-likeness (QED) is 0.0123. The monoisotopic (exact) mass is 1240 g/mol. The molecule has 0 fully saturated rings. The lowest BCUT2D eigenvalue weighted by atomic mass is 10.0. The van der Waals surface area contributed by atoms with Gasteiger partial charge in [0.05, 0.1) is 107 Å². The van der Waals surface area contributed by atoms with E-state index >= 15 is 0 Å². The minimum Gasteiger partial charge on any atom is -0.508 e. The van der Waals surface area contributed by atoms with E-state index in [0.717, 1.165) is 21.5 Å². The molecule has 3 aromatic carbocycles. The number of aryl methyl sites for hydroxylation is 1. The number of pyridine rings is 2. The van der Waals surface area contributed by atoms with Gasteiger partial charge in [-0.05, 0) is 91.9 Å². The van der Waals surface area contributed by atoms with Gasteiger partial charge >= 0.3 is 12.1 Å². The lowest BCUT2D eigenvalue weighted by Gasteiger charge is -2.25. The molecule has 0 bridgehead atoms. The van der Waals surface area contributed by atoms with E-state index in [1.807, 2.05) is 49.4 Å². The number of aliphatic hydroxyl groups excluding tert-OH is 1. The zero-order valence-electron chi connectivity index (χ0n) is 50.3. The van der Waals surface area contributed by atoms with Gasteiger partial charge in [-0.25, -0.2) is 19.0 Å². The number of hydrogen-bond acceptors (Lipinski definition) is 18. The number of rotatable bonds is 37. The molecule has 6 aromatic rings. The van der Waals surface area contributed by atoms with Crippen LogP contribution in [0.5, 0.6) is 5.75 Å². The number of alkyl carbamates (subject to hydrolysis) is 1. The number of nitrogens with one attached hydrogen (secondary N) is 7. The molecule has 0 spiro atoms. The summed E-state index contributed by atoms with van der Waals surface area (Å²) in [7, 11) is 0. The molecule has 0 radical (unpaired) electrons. The molecular weight excluding hydrogens is 1170 g/mol. The van der Waals surface area contributed by atoms with E-state index in [4.69, 9.17) is 44.1 Å². The van der Waals surface area contributed by atoms with Gasteiger partial charge in [0.1, 0.15) is 48.4 Å². The Kier molecular flexibility index (Phi) is 26.0. The van der Waals surface area contributed by atoms with Crippen molar-refractivity contribution in [2.45, 2.75) is 65.3 Å².